The van der Waals surface area contributed by atoms with Crippen LogP contribution in [0.15, 0.2) is 0 Å². The molecule has 0 aromatic rings. The van der Waals surface area contributed by atoms with Crippen molar-refractivity contribution < 1.29 is 19.1 Å². The van der Waals surface area contributed by atoms with Gasteiger partial charge in [-0.2, -0.15) is 0 Å². The Kier molecular flexibility index (Phi) is 6.97. The van der Waals surface area contributed by atoms with E-state index in [1.165, 1.54) is 6.42 Å². The lowest BCUT2D eigenvalue weighted by Gasteiger charge is -2.37. The molecule has 2 fully saturated rings. The zero-order chi connectivity index (χ0) is 19.3. The van der Waals surface area contributed by atoms with Crippen molar-refractivity contribution in [2.75, 3.05) is 13.1 Å². The minimum atomic E-state index is -0.757. The molecule has 0 spiro atoms. The zero-order valence-corrected chi connectivity index (χ0v) is 16.6. The van der Waals surface area contributed by atoms with Gasteiger partial charge in [-0.05, 0) is 37.9 Å². The third-order valence-corrected chi connectivity index (χ3v) is 5.04. The van der Waals surface area contributed by atoms with Crippen LogP contribution in [0.3, 0.4) is 0 Å². The lowest BCUT2D eigenvalue weighted by Crippen LogP contribution is -2.61. The Labute approximate surface area is 160 Å². The molecule has 0 unspecified atom stereocenters. The van der Waals surface area contributed by atoms with Crippen LogP contribution in [0.25, 0.3) is 0 Å². The number of nitrogens with one attached hydrogen (secondary N) is 2. The molecule has 0 radical (unpaired) electrons. The van der Waals surface area contributed by atoms with Crippen LogP contribution >= 0.6 is 12.2 Å². The van der Waals surface area contributed by atoms with Gasteiger partial charge >= 0.3 is 5.97 Å². The van der Waals surface area contributed by atoms with Crippen LogP contribution in [0.5, 0.6) is 0 Å². The van der Waals surface area contributed by atoms with E-state index in [9.17, 15) is 14.4 Å². The van der Waals surface area contributed by atoms with Gasteiger partial charge in [0.15, 0.2) is 5.11 Å². The Hall–Kier alpha value is -1.70. The molecule has 1 atom stereocenters. The number of thiocarbonyl (C=S) groups is 1. The molecule has 1 heterocycles. The number of esters is 1. The second kappa shape index (κ2) is 8.79. The van der Waals surface area contributed by atoms with Gasteiger partial charge in [-0.1, -0.05) is 27.2 Å². The first-order chi connectivity index (χ1) is 12.2. The van der Waals surface area contributed by atoms with Crippen LogP contribution in [0.4, 0.5) is 0 Å². The van der Waals surface area contributed by atoms with Gasteiger partial charge in [0.05, 0.1) is 6.42 Å². The van der Waals surface area contributed by atoms with E-state index in [4.69, 9.17) is 17.0 Å². The lowest BCUT2D eigenvalue weighted by atomic mass is 9.96. The predicted molar refractivity (Wildman–Crippen MR) is 101 cm³/mol. The lowest BCUT2D eigenvalue weighted by molar-refractivity contribution is -0.153. The molecule has 0 aromatic carbocycles. The molecule has 7 nitrogen and oxygen atoms in total. The molecule has 1 saturated heterocycles. The molecule has 0 bridgehead atoms. The largest absolute Gasteiger partial charge is 0.462 e. The topological polar surface area (TPSA) is 87.7 Å². The summed E-state index contributed by atoms with van der Waals surface area (Å²) in [5.41, 5.74) is -0.600. The Morgan fingerprint density at radius 2 is 1.92 bits per heavy atom. The van der Waals surface area contributed by atoms with Crippen LogP contribution in [-0.2, 0) is 19.1 Å². The number of hydrogen-bond acceptors (Lipinski definition) is 5. The normalized spacial score (nSPS) is 21.7. The van der Waals surface area contributed by atoms with Crippen LogP contribution in [-0.4, -0.2) is 53.0 Å². The highest BCUT2D eigenvalue weighted by Gasteiger charge is 2.35. The van der Waals surface area contributed by atoms with Crippen molar-refractivity contribution >= 4 is 35.1 Å². The highest BCUT2D eigenvalue weighted by atomic mass is 32.1. The van der Waals surface area contributed by atoms with E-state index in [-0.39, 0.29) is 29.5 Å². The van der Waals surface area contributed by atoms with Crippen LogP contribution < -0.4 is 10.6 Å². The highest BCUT2D eigenvalue weighted by Crippen LogP contribution is 2.21. The maximum Gasteiger partial charge on any atom is 0.308 e. The smallest absolute Gasteiger partial charge is 0.308 e. The maximum absolute atomic E-state index is 12.3. The first-order valence-corrected chi connectivity index (χ1v) is 9.68. The zero-order valence-electron chi connectivity index (χ0n) is 15.8. The van der Waals surface area contributed by atoms with Gasteiger partial charge in [-0.25, -0.2) is 0 Å². The van der Waals surface area contributed by atoms with Crippen molar-refractivity contribution in [1.29, 1.82) is 0 Å². The van der Waals surface area contributed by atoms with Gasteiger partial charge in [-0.15, -0.1) is 0 Å². The molecule has 2 aliphatic rings. The van der Waals surface area contributed by atoms with Crippen molar-refractivity contribution in [2.45, 2.75) is 71.4 Å². The van der Waals surface area contributed by atoms with Gasteiger partial charge in [0.1, 0.15) is 12.1 Å². The quantitative estimate of drug-likeness (QED) is 0.567. The number of ether oxygens (including phenoxy) is 1. The Morgan fingerprint density at radius 1 is 1.27 bits per heavy atom. The fraction of sp³-hybridized carbons (Fsp3) is 0.778. The molecule has 2 amide bonds. The number of hydrogen-bond donors (Lipinski definition) is 2. The molecule has 1 aliphatic heterocycles. The van der Waals surface area contributed by atoms with E-state index in [1.54, 1.807) is 25.7 Å². The van der Waals surface area contributed by atoms with Crippen molar-refractivity contribution in [1.82, 2.24) is 15.5 Å². The average molecular weight is 384 g/mol. The van der Waals surface area contributed by atoms with Gasteiger partial charge in [-0.3, -0.25) is 14.4 Å². The molecule has 26 heavy (non-hydrogen) atoms. The Balaban J connectivity index is 1.98. The van der Waals surface area contributed by atoms with E-state index in [0.29, 0.717) is 13.1 Å². The monoisotopic (exact) mass is 383 g/mol. The number of rotatable bonds is 3. The Morgan fingerprint density at radius 3 is 2.54 bits per heavy atom. The molecule has 2 N–H and O–H groups in total. The van der Waals surface area contributed by atoms with Gasteiger partial charge in [0.2, 0.25) is 11.8 Å². The SMILES string of the molecule is CC(C)(C)C(=O)NC(=S)N1CCNC(=O)[C@H]1CC(=O)OC1CCCCC1. The number of carbonyl (C=O) groups excluding carboxylic acids is 3. The van der Waals surface area contributed by atoms with Crippen LogP contribution in [0, 0.1) is 5.41 Å². The summed E-state index contributed by atoms with van der Waals surface area (Å²) in [4.78, 5) is 38.4. The summed E-state index contributed by atoms with van der Waals surface area (Å²) < 4.78 is 5.53. The van der Waals surface area contributed by atoms with E-state index in [2.05, 4.69) is 10.6 Å². The van der Waals surface area contributed by atoms with Gasteiger partial charge in [0.25, 0.3) is 0 Å². The number of piperazine rings is 1. The second-order valence-electron chi connectivity index (χ2n) is 7.96. The molecule has 8 heteroatoms. The van der Waals surface area contributed by atoms with Crippen molar-refractivity contribution in [3.8, 4) is 0 Å². The number of amides is 2. The summed E-state index contributed by atoms with van der Waals surface area (Å²) in [6, 6.07) is -0.757. The Bertz CT molecular complexity index is 567. The van der Waals surface area contributed by atoms with Gasteiger partial charge < -0.3 is 20.3 Å². The summed E-state index contributed by atoms with van der Waals surface area (Å²) in [5, 5.41) is 5.61. The first-order valence-electron chi connectivity index (χ1n) is 9.27. The minimum absolute atomic E-state index is 0.0519. The molecular weight excluding hydrogens is 354 g/mol. The van der Waals surface area contributed by atoms with E-state index >= 15 is 0 Å². The fourth-order valence-corrected chi connectivity index (χ4v) is 3.40. The highest BCUT2D eigenvalue weighted by molar-refractivity contribution is 7.80. The van der Waals surface area contributed by atoms with E-state index in [1.807, 2.05) is 0 Å². The number of nitrogens with zero attached hydrogens (tertiary/aromatic N) is 1. The third kappa shape index (κ3) is 5.65. The van der Waals surface area contributed by atoms with E-state index < -0.39 is 17.4 Å². The average Bonchev–Trinajstić information content (AvgIpc) is 2.56. The van der Waals surface area contributed by atoms with E-state index in [0.717, 1.165) is 25.7 Å². The summed E-state index contributed by atoms with van der Waals surface area (Å²) in [6.45, 7) is 6.21. The minimum Gasteiger partial charge on any atom is -0.462 e. The standard InChI is InChI=1S/C18H29N3O4S/c1-18(2,3)16(24)20-17(26)21-10-9-19-15(23)13(21)11-14(22)25-12-7-5-4-6-8-12/h12-13H,4-11H2,1-3H3,(H,19,23)(H,20,24,26)/t13-/m1/s1. The molecule has 146 valence electrons. The molecule has 0 aromatic heterocycles. The number of carbonyl (C=O) groups is 3. The van der Waals surface area contributed by atoms with Crippen molar-refractivity contribution in [3.05, 3.63) is 0 Å². The molecule has 2 rings (SSSR count). The molecule has 1 saturated carbocycles. The summed E-state index contributed by atoms with van der Waals surface area (Å²) in [5.74, 6) is -0.893. The summed E-state index contributed by atoms with van der Waals surface area (Å²) >= 11 is 5.33. The molecule has 1 aliphatic carbocycles. The summed E-state index contributed by atoms with van der Waals surface area (Å²) in [7, 11) is 0. The van der Waals surface area contributed by atoms with Gasteiger partial charge in [0, 0.05) is 18.5 Å². The van der Waals surface area contributed by atoms with Crippen molar-refractivity contribution in [2.24, 2.45) is 5.41 Å². The summed E-state index contributed by atoms with van der Waals surface area (Å²) in [6.07, 6.45) is 4.94. The second-order valence-corrected chi connectivity index (χ2v) is 8.35. The van der Waals surface area contributed by atoms with Crippen LogP contribution in [0.2, 0.25) is 0 Å². The fourth-order valence-electron chi connectivity index (χ4n) is 3.09. The maximum atomic E-state index is 12.3. The predicted octanol–water partition coefficient (Wildman–Crippen LogP) is 1.50. The first kappa shape index (κ1) is 20.6. The van der Waals surface area contributed by atoms with Crippen molar-refractivity contribution in [3.63, 3.8) is 0 Å². The third-order valence-electron chi connectivity index (χ3n) is 4.70. The van der Waals surface area contributed by atoms with Crippen LogP contribution in [0.1, 0.15) is 59.3 Å². The molecular formula is C18H29N3O4S.